The molecule has 0 aliphatic heterocycles. The number of pyridine rings is 1. The van der Waals surface area contributed by atoms with Crippen molar-refractivity contribution >= 4 is 11.6 Å². The number of halogens is 3. The lowest BCUT2D eigenvalue weighted by atomic mass is 10.0. The first-order valence-corrected chi connectivity index (χ1v) is 6.79. The van der Waals surface area contributed by atoms with Gasteiger partial charge in [-0.1, -0.05) is 24.6 Å². The van der Waals surface area contributed by atoms with Gasteiger partial charge in [-0.2, -0.15) is 0 Å². The molecule has 2 aromatic rings. The second-order valence-corrected chi connectivity index (χ2v) is 4.89. The van der Waals surface area contributed by atoms with Gasteiger partial charge in [0.15, 0.2) is 0 Å². The Morgan fingerprint density at radius 2 is 2.05 bits per heavy atom. The lowest BCUT2D eigenvalue weighted by Crippen LogP contribution is -2.25. The van der Waals surface area contributed by atoms with Crippen LogP contribution in [-0.2, 0) is 0 Å². The van der Waals surface area contributed by atoms with Gasteiger partial charge in [0.2, 0.25) is 0 Å². The number of hydrogen-bond donors (Lipinski definition) is 1. The van der Waals surface area contributed by atoms with Crippen LogP contribution in [0.4, 0.5) is 8.78 Å². The Hall–Kier alpha value is -1.52. The molecule has 0 bridgehead atoms. The molecule has 0 radical (unpaired) electrons. The third kappa shape index (κ3) is 3.52. The van der Waals surface area contributed by atoms with Crippen molar-refractivity contribution < 1.29 is 8.78 Å². The van der Waals surface area contributed by atoms with Crippen LogP contribution in [0, 0.1) is 11.6 Å². The van der Waals surface area contributed by atoms with E-state index in [0.29, 0.717) is 22.8 Å². The highest BCUT2D eigenvalue weighted by Gasteiger charge is 2.18. The first-order chi connectivity index (χ1) is 9.61. The minimum atomic E-state index is -0.423. The fourth-order valence-corrected chi connectivity index (χ4v) is 2.11. The number of nitrogens with zero attached hydrogens (tertiary/aromatic N) is 1. The molecule has 2 nitrogen and oxygen atoms in total. The van der Waals surface area contributed by atoms with Gasteiger partial charge in [0.05, 0.1) is 17.9 Å². The average Bonchev–Trinajstić information content (AvgIpc) is 2.42. The molecular formula is C15H15ClF2N2. The van der Waals surface area contributed by atoms with Gasteiger partial charge in [-0.15, -0.1) is 0 Å². The highest BCUT2D eigenvalue weighted by atomic mass is 35.5. The normalized spacial score (nSPS) is 12.4. The zero-order valence-electron chi connectivity index (χ0n) is 11.0. The van der Waals surface area contributed by atoms with Crippen molar-refractivity contribution in [1.29, 1.82) is 0 Å². The van der Waals surface area contributed by atoms with Crippen LogP contribution in [0.1, 0.15) is 30.6 Å². The van der Waals surface area contributed by atoms with Crippen LogP contribution in [0.3, 0.4) is 0 Å². The lowest BCUT2D eigenvalue weighted by Gasteiger charge is -2.19. The maximum absolute atomic E-state index is 14.1. The van der Waals surface area contributed by atoms with Crippen molar-refractivity contribution in [2.45, 2.75) is 19.4 Å². The van der Waals surface area contributed by atoms with Crippen LogP contribution in [0.5, 0.6) is 0 Å². The SMILES string of the molecule is CCCNC(c1ccc(F)cn1)c1ccc(Cl)cc1F. The maximum Gasteiger partial charge on any atom is 0.141 e. The minimum Gasteiger partial charge on any atom is -0.305 e. The van der Waals surface area contributed by atoms with Crippen molar-refractivity contribution in [2.24, 2.45) is 0 Å². The number of benzene rings is 1. The highest BCUT2D eigenvalue weighted by molar-refractivity contribution is 6.30. The van der Waals surface area contributed by atoms with Crippen molar-refractivity contribution in [3.63, 3.8) is 0 Å². The molecule has 0 aliphatic carbocycles. The molecular weight excluding hydrogens is 282 g/mol. The third-order valence-electron chi connectivity index (χ3n) is 2.92. The molecule has 2 rings (SSSR count). The zero-order chi connectivity index (χ0) is 14.5. The second-order valence-electron chi connectivity index (χ2n) is 4.45. The van der Waals surface area contributed by atoms with Crippen molar-refractivity contribution in [3.8, 4) is 0 Å². The van der Waals surface area contributed by atoms with E-state index in [2.05, 4.69) is 10.3 Å². The van der Waals surface area contributed by atoms with E-state index < -0.39 is 17.7 Å². The number of nitrogens with one attached hydrogen (secondary N) is 1. The maximum atomic E-state index is 14.1. The third-order valence-corrected chi connectivity index (χ3v) is 3.15. The number of rotatable bonds is 5. The molecule has 0 saturated heterocycles. The van der Waals surface area contributed by atoms with Crippen LogP contribution in [0.15, 0.2) is 36.5 Å². The van der Waals surface area contributed by atoms with E-state index in [9.17, 15) is 8.78 Å². The molecule has 0 amide bonds. The molecule has 0 saturated carbocycles. The van der Waals surface area contributed by atoms with E-state index in [4.69, 9.17) is 11.6 Å². The summed E-state index contributed by atoms with van der Waals surface area (Å²) >= 11 is 5.77. The quantitative estimate of drug-likeness (QED) is 0.898. The van der Waals surface area contributed by atoms with E-state index in [1.165, 1.54) is 12.1 Å². The second kappa shape index (κ2) is 6.77. The van der Waals surface area contributed by atoms with E-state index in [1.54, 1.807) is 18.2 Å². The van der Waals surface area contributed by atoms with Crippen LogP contribution in [-0.4, -0.2) is 11.5 Å². The zero-order valence-corrected chi connectivity index (χ0v) is 11.8. The predicted molar refractivity (Wildman–Crippen MR) is 75.7 cm³/mol. The molecule has 106 valence electrons. The Morgan fingerprint density at radius 3 is 2.65 bits per heavy atom. The molecule has 20 heavy (non-hydrogen) atoms. The van der Waals surface area contributed by atoms with Crippen LogP contribution >= 0.6 is 11.6 Å². The standard InChI is InChI=1S/C15H15ClF2N2/c1-2-7-19-15(14-6-4-11(17)9-20-14)12-5-3-10(16)8-13(12)18/h3-6,8-9,15,19H,2,7H2,1H3. The molecule has 1 atom stereocenters. The van der Waals surface area contributed by atoms with E-state index in [0.717, 1.165) is 12.6 Å². The Bertz CT molecular complexity index is 573. The van der Waals surface area contributed by atoms with Crippen LogP contribution < -0.4 is 5.32 Å². The predicted octanol–water partition coefficient (Wildman–Crippen LogP) is 4.10. The lowest BCUT2D eigenvalue weighted by molar-refractivity contribution is 0.536. The average molecular weight is 297 g/mol. The van der Waals surface area contributed by atoms with Gasteiger partial charge in [-0.05, 0) is 37.2 Å². The van der Waals surface area contributed by atoms with E-state index in [1.807, 2.05) is 6.92 Å². The monoisotopic (exact) mass is 296 g/mol. The first-order valence-electron chi connectivity index (χ1n) is 6.41. The largest absolute Gasteiger partial charge is 0.305 e. The van der Waals surface area contributed by atoms with Gasteiger partial charge in [0, 0.05) is 10.6 Å². The fraction of sp³-hybridized carbons (Fsp3) is 0.267. The van der Waals surface area contributed by atoms with Crippen LogP contribution in [0.25, 0.3) is 0 Å². The smallest absolute Gasteiger partial charge is 0.141 e. The Kier molecular flexibility index (Phi) is 5.04. The Balaban J connectivity index is 2.38. The summed E-state index contributed by atoms with van der Waals surface area (Å²) in [4.78, 5) is 4.03. The first kappa shape index (κ1) is 14.9. The van der Waals surface area contributed by atoms with E-state index >= 15 is 0 Å². The van der Waals surface area contributed by atoms with Crippen molar-refractivity contribution in [1.82, 2.24) is 10.3 Å². The topological polar surface area (TPSA) is 24.9 Å². The summed E-state index contributed by atoms with van der Waals surface area (Å²) in [5, 5.41) is 3.55. The molecule has 0 spiro atoms. The Morgan fingerprint density at radius 1 is 1.25 bits per heavy atom. The van der Waals surface area contributed by atoms with Crippen LogP contribution in [0.2, 0.25) is 5.02 Å². The molecule has 1 aromatic carbocycles. The van der Waals surface area contributed by atoms with Gasteiger partial charge in [0.1, 0.15) is 11.6 Å². The molecule has 1 heterocycles. The number of hydrogen-bond acceptors (Lipinski definition) is 2. The van der Waals surface area contributed by atoms with E-state index in [-0.39, 0.29) is 0 Å². The van der Waals surface area contributed by atoms with Gasteiger partial charge in [-0.25, -0.2) is 8.78 Å². The fourth-order valence-electron chi connectivity index (χ4n) is 1.96. The molecule has 1 N–H and O–H groups in total. The van der Waals surface area contributed by atoms with Gasteiger partial charge >= 0.3 is 0 Å². The van der Waals surface area contributed by atoms with Gasteiger partial charge in [-0.3, -0.25) is 4.98 Å². The molecule has 1 aromatic heterocycles. The number of aromatic nitrogens is 1. The molecule has 0 aliphatic rings. The van der Waals surface area contributed by atoms with Crippen molar-refractivity contribution in [2.75, 3.05) is 6.54 Å². The molecule has 5 heteroatoms. The summed E-state index contributed by atoms with van der Waals surface area (Å²) in [7, 11) is 0. The highest BCUT2D eigenvalue weighted by Crippen LogP contribution is 2.25. The molecule has 0 fully saturated rings. The van der Waals surface area contributed by atoms with Gasteiger partial charge < -0.3 is 5.32 Å². The molecule has 1 unspecified atom stereocenters. The van der Waals surface area contributed by atoms with Crippen molar-refractivity contribution in [3.05, 3.63) is 64.4 Å². The summed E-state index contributed by atoms with van der Waals surface area (Å²) in [5.41, 5.74) is 1.02. The summed E-state index contributed by atoms with van der Waals surface area (Å²) in [6.07, 6.45) is 2.02. The summed E-state index contributed by atoms with van der Waals surface area (Å²) in [6, 6.07) is 6.96. The minimum absolute atomic E-state index is 0.340. The Labute approximate surface area is 121 Å². The van der Waals surface area contributed by atoms with Gasteiger partial charge in [0.25, 0.3) is 0 Å². The summed E-state index contributed by atoms with van der Waals surface area (Å²) in [6.45, 7) is 2.71. The summed E-state index contributed by atoms with van der Waals surface area (Å²) < 4.78 is 27.0. The summed E-state index contributed by atoms with van der Waals surface area (Å²) in [5.74, 6) is -0.822.